The van der Waals surface area contributed by atoms with Gasteiger partial charge in [-0.1, -0.05) is 121 Å². The summed E-state index contributed by atoms with van der Waals surface area (Å²) in [6, 6.07) is 40.2. The molecule has 57 heavy (non-hydrogen) atoms. The maximum atomic E-state index is 6.92. The van der Waals surface area contributed by atoms with Crippen molar-refractivity contribution in [1.82, 2.24) is 0 Å². The van der Waals surface area contributed by atoms with E-state index in [1.165, 1.54) is 0 Å². The predicted octanol–water partition coefficient (Wildman–Crippen LogP) is 7.10. The number of hydrogen-bond donors (Lipinski definition) is 0. The first-order chi connectivity index (χ1) is 27.7. The van der Waals surface area contributed by atoms with Crippen LogP contribution in [-0.4, -0.2) is 86.2 Å². The average Bonchev–Trinajstić information content (AvgIpc) is 3.86. The van der Waals surface area contributed by atoms with Gasteiger partial charge in [0.15, 0.2) is 24.2 Å². The van der Waals surface area contributed by atoms with Gasteiger partial charge in [0.1, 0.15) is 48.8 Å². The molecule has 0 aromatic heterocycles. The second-order valence-corrected chi connectivity index (χ2v) is 15.9. The van der Waals surface area contributed by atoms with Crippen molar-refractivity contribution in [3.63, 3.8) is 0 Å². The fraction of sp³-hybridized carbons (Fsp3) is 0.478. The Morgan fingerprint density at radius 3 is 1.60 bits per heavy atom. The molecule has 0 saturated carbocycles. The Kier molecular flexibility index (Phi) is 12.8. The fourth-order valence-corrected chi connectivity index (χ4v) is 7.88. The minimum Gasteiger partial charge on any atom is -0.374 e. The molecule has 0 bridgehead atoms. The molecule has 4 aliphatic rings. The van der Waals surface area contributed by atoms with Crippen LogP contribution >= 0.6 is 0 Å². The molecule has 10 atom stereocenters. The lowest BCUT2D eigenvalue weighted by atomic mass is 9.99. The number of benzene rings is 4. The SMILES string of the molecule is CC1(C)O[C@H]2[C@@H](O1)[C@@H](CO[C@H]1O[C@@H]([C@@H](COCc3ccccc3)OCc3ccccc3)[C@H](OCc3ccccc3)[C@H]1OCc1ccccc1)O[C@@H]1OC(C)(C)O[C@@H]12. The zero-order chi connectivity index (χ0) is 39.2. The molecule has 0 N–H and O–H groups in total. The van der Waals surface area contributed by atoms with Crippen molar-refractivity contribution in [2.45, 2.75) is 127 Å². The van der Waals surface area contributed by atoms with E-state index in [1.54, 1.807) is 0 Å². The summed E-state index contributed by atoms with van der Waals surface area (Å²) in [6.45, 7) is 9.25. The van der Waals surface area contributed by atoms with Gasteiger partial charge in [0.05, 0.1) is 39.6 Å². The largest absolute Gasteiger partial charge is 0.374 e. The quantitative estimate of drug-likeness (QED) is 0.110. The number of ether oxygens (including phenoxy) is 11. The standard InChI is InChI=1S/C46H54O11/c1-45(2)54-38-36(52-44-42(40(38)55-45)56-46(3,4)57-44)30-51-43-41(50-28-34-23-15-8-16-24-34)39(49-27-33-21-13-7-14-22-33)37(53-43)35(48-26-32-19-11-6-12-20-32)29-47-25-31-17-9-5-10-18-31/h5-24,35-44H,25-30H2,1-4H3/t35-,36-,37+,38+,39+,40+,41-,42-,43+,44-/m1/s1. The van der Waals surface area contributed by atoms with E-state index in [0.717, 1.165) is 22.3 Å². The lowest BCUT2D eigenvalue weighted by molar-refractivity contribution is -0.263. The predicted molar refractivity (Wildman–Crippen MR) is 208 cm³/mol. The van der Waals surface area contributed by atoms with E-state index in [1.807, 2.05) is 149 Å². The van der Waals surface area contributed by atoms with Crippen LogP contribution < -0.4 is 0 Å². The molecule has 4 aromatic rings. The van der Waals surface area contributed by atoms with Crippen LogP contribution in [0.5, 0.6) is 0 Å². The van der Waals surface area contributed by atoms with Crippen molar-refractivity contribution >= 4 is 0 Å². The molecule has 11 nitrogen and oxygen atoms in total. The van der Waals surface area contributed by atoms with Crippen molar-refractivity contribution in [3.05, 3.63) is 144 Å². The molecule has 0 spiro atoms. The summed E-state index contributed by atoms with van der Waals surface area (Å²) >= 11 is 0. The van der Waals surface area contributed by atoms with Gasteiger partial charge >= 0.3 is 0 Å². The third-order valence-electron chi connectivity index (χ3n) is 10.5. The van der Waals surface area contributed by atoms with Crippen LogP contribution in [0.1, 0.15) is 49.9 Å². The Morgan fingerprint density at radius 2 is 1.00 bits per heavy atom. The van der Waals surface area contributed by atoms with Gasteiger partial charge in [-0.15, -0.1) is 0 Å². The molecule has 8 rings (SSSR count). The van der Waals surface area contributed by atoms with Crippen molar-refractivity contribution in [2.75, 3.05) is 13.2 Å². The average molecular weight is 783 g/mol. The van der Waals surface area contributed by atoms with Crippen LogP contribution in [0.2, 0.25) is 0 Å². The third kappa shape index (κ3) is 10.2. The highest BCUT2D eigenvalue weighted by molar-refractivity contribution is 5.16. The van der Waals surface area contributed by atoms with Gasteiger partial charge in [-0.2, -0.15) is 0 Å². The molecule has 0 amide bonds. The molecule has 4 fully saturated rings. The Balaban J connectivity index is 1.07. The van der Waals surface area contributed by atoms with E-state index in [2.05, 4.69) is 0 Å². The van der Waals surface area contributed by atoms with Gasteiger partial charge in [0.2, 0.25) is 0 Å². The van der Waals surface area contributed by atoms with Gasteiger partial charge < -0.3 is 52.1 Å². The Labute approximate surface area is 335 Å². The maximum Gasteiger partial charge on any atom is 0.190 e. The van der Waals surface area contributed by atoms with E-state index in [-0.39, 0.29) is 13.2 Å². The highest BCUT2D eigenvalue weighted by atomic mass is 16.9. The van der Waals surface area contributed by atoms with Crippen molar-refractivity contribution < 1.29 is 52.1 Å². The van der Waals surface area contributed by atoms with Gasteiger partial charge in [-0.25, -0.2) is 0 Å². The van der Waals surface area contributed by atoms with E-state index < -0.39 is 73.0 Å². The summed E-state index contributed by atoms with van der Waals surface area (Å²) < 4.78 is 72.0. The Bertz CT molecular complexity index is 1810. The first-order valence-electron chi connectivity index (χ1n) is 19.9. The van der Waals surface area contributed by atoms with Gasteiger partial charge in [-0.05, 0) is 49.9 Å². The molecule has 304 valence electrons. The first kappa shape index (κ1) is 40.2. The van der Waals surface area contributed by atoms with E-state index in [4.69, 9.17) is 52.1 Å². The zero-order valence-electron chi connectivity index (χ0n) is 33.1. The summed E-state index contributed by atoms with van der Waals surface area (Å²) in [4.78, 5) is 0. The van der Waals surface area contributed by atoms with E-state index >= 15 is 0 Å². The van der Waals surface area contributed by atoms with E-state index in [0.29, 0.717) is 26.4 Å². The summed E-state index contributed by atoms with van der Waals surface area (Å²) in [5.74, 6) is -1.69. The van der Waals surface area contributed by atoms with Crippen LogP contribution in [0, 0.1) is 0 Å². The summed E-state index contributed by atoms with van der Waals surface area (Å²) in [6.07, 6.45) is -5.90. The molecule has 4 heterocycles. The fourth-order valence-electron chi connectivity index (χ4n) is 7.88. The zero-order valence-corrected chi connectivity index (χ0v) is 33.1. The highest BCUT2D eigenvalue weighted by Crippen LogP contribution is 2.44. The number of rotatable bonds is 17. The van der Waals surface area contributed by atoms with Gasteiger partial charge in [0.25, 0.3) is 0 Å². The van der Waals surface area contributed by atoms with Crippen LogP contribution in [0.15, 0.2) is 121 Å². The lowest BCUT2D eigenvalue weighted by Crippen LogP contribution is -2.56. The normalized spacial score (nSPS) is 30.5. The Morgan fingerprint density at radius 1 is 0.509 bits per heavy atom. The molecule has 0 aliphatic carbocycles. The molecule has 0 radical (unpaired) electrons. The molecule has 4 saturated heterocycles. The van der Waals surface area contributed by atoms with Crippen LogP contribution in [0.4, 0.5) is 0 Å². The molecular weight excluding hydrogens is 728 g/mol. The highest BCUT2D eigenvalue weighted by Gasteiger charge is 2.61. The monoisotopic (exact) mass is 782 g/mol. The van der Waals surface area contributed by atoms with Gasteiger partial charge in [-0.3, -0.25) is 0 Å². The second-order valence-electron chi connectivity index (χ2n) is 15.9. The first-order valence-corrected chi connectivity index (χ1v) is 19.9. The maximum absolute atomic E-state index is 6.92. The molecule has 4 aliphatic heterocycles. The Hall–Kier alpha value is -3.56. The second kappa shape index (κ2) is 18.1. The molecule has 11 heteroatoms. The van der Waals surface area contributed by atoms with E-state index in [9.17, 15) is 0 Å². The van der Waals surface area contributed by atoms with Crippen LogP contribution in [0.25, 0.3) is 0 Å². The number of fused-ring (bicyclic) bond motifs is 3. The molecule has 4 aromatic carbocycles. The topological polar surface area (TPSA) is 102 Å². The van der Waals surface area contributed by atoms with Crippen molar-refractivity contribution in [3.8, 4) is 0 Å². The smallest absolute Gasteiger partial charge is 0.190 e. The van der Waals surface area contributed by atoms with Gasteiger partial charge in [0, 0.05) is 0 Å². The molecule has 0 unspecified atom stereocenters. The summed E-state index contributed by atoms with van der Waals surface area (Å²) in [5, 5.41) is 0. The van der Waals surface area contributed by atoms with Crippen LogP contribution in [0.3, 0.4) is 0 Å². The molecular formula is C46H54O11. The third-order valence-corrected chi connectivity index (χ3v) is 10.5. The number of hydrogen-bond acceptors (Lipinski definition) is 11. The summed E-state index contributed by atoms with van der Waals surface area (Å²) in [7, 11) is 0. The summed E-state index contributed by atoms with van der Waals surface area (Å²) in [5.41, 5.74) is 4.11. The van der Waals surface area contributed by atoms with Crippen molar-refractivity contribution in [2.24, 2.45) is 0 Å². The van der Waals surface area contributed by atoms with Crippen LogP contribution in [-0.2, 0) is 78.5 Å². The lowest BCUT2D eigenvalue weighted by Gasteiger charge is -2.37. The minimum absolute atomic E-state index is 0.0989. The van der Waals surface area contributed by atoms with Crippen molar-refractivity contribution in [1.29, 1.82) is 0 Å². The minimum atomic E-state index is -0.872.